The molecule has 3 heteroatoms. The van der Waals surface area contributed by atoms with Crippen molar-refractivity contribution in [2.45, 2.75) is 18.4 Å². The first-order valence-electron chi connectivity index (χ1n) is 4.88. The number of nitrogens with zero attached hydrogens (tertiary/aromatic N) is 1. The van der Waals surface area contributed by atoms with Crippen LogP contribution in [0.2, 0.25) is 0 Å². The van der Waals surface area contributed by atoms with Crippen LogP contribution >= 0.6 is 0 Å². The van der Waals surface area contributed by atoms with Crippen LogP contribution in [0.15, 0.2) is 24.3 Å². The van der Waals surface area contributed by atoms with Crippen molar-refractivity contribution in [1.82, 2.24) is 0 Å². The van der Waals surface area contributed by atoms with Crippen LogP contribution in [0.1, 0.15) is 12.8 Å². The first-order valence-corrected chi connectivity index (χ1v) is 4.88. The zero-order valence-corrected chi connectivity index (χ0v) is 8.40. The van der Waals surface area contributed by atoms with Gasteiger partial charge in [0.2, 0.25) is 0 Å². The average Bonchev–Trinajstić information content (AvgIpc) is 2.84. The van der Waals surface area contributed by atoms with Gasteiger partial charge in [0.1, 0.15) is 5.75 Å². The van der Waals surface area contributed by atoms with Gasteiger partial charge in [0.25, 0.3) is 0 Å². The topological polar surface area (TPSA) is 49.5 Å². The predicted octanol–water partition coefficient (Wildman–Crippen LogP) is 1.32. The summed E-state index contributed by atoms with van der Waals surface area (Å²) in [6.45, 7) is 0.887. The molecule has 2 rings (SSSR count). The number of phenols is 1. The molecule has 1 fully saturated rings. The highest BCUT2D eigenvalue weighted by Crippen LogP contribution is 2.33. The van der Waals surface area contributed by atoms with Crippen molar-refractivity contribution < 1.29 is 5.11 Å². The van der Waals surface area contributed by atoms with E-state index in [0.717, 1.165) is 25.1 Å². The molecule has 1 aliphatic rings. The Labute approximate surface area is 84.1 Å². The third kappa shape index (κ3) is 1.99. The van der Waals surface area contributed by atoms with Crippen LogP contribution in [-0.2, 0) is 0 Å². The van der Waals surface area contributed by atoms with Gasteiger partial charge in [0.15, 0.2) is 0 Å². The molecule has 0 saturated heterocycles. The molecular weight excluding hydrogens is 176 g/mol. The predicted molar refractivity (Wildman–Crippen MR) is 57.5 cm³/mol. The van der Waals surface area contributed by atoms with Crippen molar-refractivity contribution in [2.75, 3.05) is 18.5 Å². The lowest BCUT2D eigenvalue weighted by molar-refractivity contribution is 0.475. The Morgan fingerprint density at radius 3 is 2.43 bits per heavy atom. The number of nitrogens with two attached hydrogens (primary N) is 1. The fourth-order valence-corrected chi connectivity index (χ4v) is 1.59. The molecule has 1 aromatic rings. The molecule has 1 saturated carbocycles. The summed E-state index contributed by atoms with van der Waals surface area (Å²) in [5, 5.41) is 9.14. The number of anilines is 1. The maximum atomic E-state index is 9.14. The van der Waals surface area contributed by atoms with Gasteiger partial charge in [-0.15, -0.1) is 0 Å². The quantitative estimate of drug-likeness (QED) is 0.759. The van der Waals surface area contributed by atoms with Gasteiger partial charge in [-0.3, -0.25) is 0 Å². The summed E-state index contributed by atoms with van der Waals surface area (Å²) in [5.41, 5.74) is 7.15. The Morgan fingerprint density at radius 2 is 1.93 bits per heavy atom. The molecule has 0 atom stereocenters. The minimum Gasteiger partial charge on any atom is -0.508 e. The monoisotopic (exact) mass is 192 g/mol. The van der Waals surface area contributed by atoms with Crippen LogP contribution in [-0.4, -0.2) is 24.2 Å². The zero-order valence-electron chi connectivity index (χ0n) is 8.40. The maximum absolute atomic E-state index is 9.14. The van der Waals surface area contributed by atoms with Gasteiger partial charge in [-0.1, -0.05) is 0 Å². The van der Waals surface area contributed by atoms with E-state index >= 15 is 0 Å². The normalized spacial score (nSPS) is 17.9. The number of phenolic OH excluding ortho intramolecular Hbond substituents is 1. The lowest BCUT2D eigenvalue weighted by Gasteiger charge is -2.22. The van der Waals surface area contributed by atoms with Crippen molar-refractivity contribution in [1.29, 1.82) is 0 Å². The highest BCUT2D eigenvalue weighted by Gasteiger charge is 2.39. The summed E-state index contributed by atoms with van der Waals surface area (Å²) in [6.07, 6.45) is 2.24. The van der Waals surface area contributed by atoms with Crippen molar-refractivity contribution >= 4 is 5.69 Å². The van der Waals surface area contributed by atoms with Gasteiger partial charge in [-0.25, -0.2) is 0 Å². The van der Waals surface area contributed by atoms with E-state index in [0.29, 0.717) is 5.75 Å². The van der Waals surface area contributed by atoms with E-state index in [1.807, 2.05) is 19.2 Å². The van der Waals surface area contributed by atoms with Crippen molar-refractivity contribution in [3.8, 4) is 5.75 Å². The van der Waals surface area contributed by atoms with Crippen LogP contribution in [0.3, 0.4) is 0 Å². The minimum atomic E-state index is 0.0344. The van der Waals surface area contributed by atoms with Crippen molar-refractivity contribution in [3.63, 3.8) is 0 Å². The number of hydrogen-bond acceptors (Lipinski definition) is 3. The van der Waals surface area contributed by atoms with Gasteiger partial charge in [0.05, 0.1) is 0 Å². The van der Waals surface area contributed by atoms with E-state index in [9.17, 15) is 0 Å². The van der Waals surface area contributed by atoms with Crippen LogP contribution in [0.25, 0.3) is 0 Å². The third-order valence-electron chi connectivity index (χ3n) is 2.73. The number of benzene rings is 1. The lowest BCUT2D eigenvalue weighted by Crippen LogP contribution is -2.37. The molecule has 76 valence electrons. The Bertz CT molecular complexity index is 317. The van der Waals surface area contributed by atoms with E-state index in [1.54, 1.807) is 12.1 Å². The molecule has 0 aromatic heterocycles. The Morgan fingerprint density at radius 1 is 1.36 bits per heavy atom. The smallest absolute Gasteiger partial charge is 0.115 e. The molecule has 0 spiro atoms. The molecule has 1 aliphatic carbocycles. The van der Waals surface area contributed by atoms with Gasteiger partial charge in [-0.2, -0.15) is 0 Å². The van der Waals surface area contributed by atoms with Crippen LogP contribution in [0.5, 0.6) is 5.75 Å². The van der Waals surface area contributed by atoms with Gasteiger partial charge in [0, 0.05) is 24.8 Å². The second kappa shape index (κ2) is 3.17. The Hall–Kier alpha value is -1.22. The second-order valence-electron chi connectivity index (χ2n) is 4.23. The maximum Gasteiger partial charge on any atom is 0.115 e. The second-order valence-corrected chi connectivity index (χ2v) is 4.23. The number of rotatable bonds is 3. The van der Waals surface area contributed by atoms with E-state index in [1.165, 1.54) is 0 Å². The lowest BCUT2D eigenvalue weighted by atomic mass is 10.2. The molecule has 0 unspecified atom stereocenters. The molecule has 3 N–H and O–H groups in total. The van der Waals surface area contributed by atoms with Gasteiger partial charge in [-0.05, 0) is 37.1 Å². The number of aromatic hydroxyl groups is 1. The largest absolute Gasteiger partial charge is 0.508 e. The molecule has 0 aliphatic heterocycles. The van der Waals surface area contributed by atoms with Crippen LogP contribution in [0, 0.1) is 0 Å². The van der Waals surface area contributed by atoms with Gasteiger partial charge < -0.3 is 15.7 Å². The van der Waals surface area contributed by atoms with E-state index in [2.05, 4.69) is 4.90 Å². The van der Waals surface area contributed by atoms with Crippen LogP contribution < -0.4 is 10.6 Å². The molecule has 0 radical (unpaired) electrons. The average molecular weight is 192 g/mol. The summed E-state index contributed by atoms with van der Waals surface area (Å²) in [7, 11) is 2.03. The highest BCUT2D eigenvalue weighted by molar-refractivity contribution is 5.48. The van der Waals surface area contributed by atoms with Crippen molar-refractivity contribution in [3.05, 3.63) is 24.3 Å². The molecule has 0 bridgehead atoms. The molecule has 3 nitrogen and oxygen atoms in total. The van der Waals surface area contributed by atoms with Gasteiger partial charge >= 0.3 is 0 Å². The van der Waals surface area contributed by atoms with E-state index in [-0.39, 0.29) is 5.54 Å². The first-order chi connectivity index (χ1) is 6.59. The summed E-state index contributed by atoms with van der Waals surface area (Å²) in [6, 6.07) is 7.20. The molecule has 14 heavy (non-hydrogen) atoms. The zero-order chi connectivity index (χ0) is 10.2. The van der Waals surface area contributed by atoms with Crippen molar-refractivity contribution in [2.24, 2.45) is 5.73 Å². The molecule has 0 heterocycles. The van der Waals surface area contributed by atoms with Crippen LogP contribution in [0.4, 0.5) is 5.69 Å². The fraction of sp³-hybridized carbons (Fsp3) is 0.455. The standard InChI is InChI=1S/C11H16N2O/c1-13(8-11(12)6-7-11)9-2-4-10(14)5-3-9/h2-5,14H,6-8,12H2,1H3. The Kier molecular flexibility index (Phi) is 2.11. The van der Waals surface area contributed by atoms with E-state index < -0.39 is 0 Å². The summed E-state index contributed by atoms with van der Waals surface area (Å²) in [5.74, 6) is 0.302. The summed E-state index contributed by atoms with van der Waals surface area (Å²) in [4.78, 5) is 2.13. The van der Waals surface area contributed by atoms with E-state index in [4.69, 9.17) is 10.8 Å². The number of likely N-dealkylation sites (N-methyl/N-ethyl adjacent to an activating group) is 1. The minimum absolute atomic E-state index is 0.0344. The first kappa shape index (κ1) is 9.34. The number of hydrogen-bond donors (Lipinski definition) is 2. The molecule has 1 aromatic carbocycles. The fourth-order valence-electron chi connectivity index (χ4n) is 1.59. The Balaban J connectivity index is 2.03. The molecular formula is C11H16N2O. The molecule has 0 amide bonds. The SMILES string of the molecule is CN(CC1(N)CC1)c1ccc(O)cc1. The summed E-state index contributed by atoms with van der Waals surface area (Å²) < 4.78 is 0. The third-order valence-corrected chi connectivity index (χ3v) is 2.73. The highest BCUT2D eigenvalue weighted by atomic mass is 16.3. The summed E-state index contributed by atoms with van der Waals surface area (Å²) >= 11 is 0.